The number of fused-ring (bicyclic) bond motifs is 1. The van der Waals surface area contributed by atoms with Gasteiger partial charge in [-0.25, -0.2) is 0 Å². The highest BCUT2D eigenvalue weighted by Gasteiger charge is 2.04. The molecule has 0 aliphatic carbocycles. The maximum atomic E-state index is 4.18. The van der Waals surface area contributed by atoms with Gasteiger partial charge in [0.1, 0.15) is 0 Å². The highest BCUT2D eigenvalue weighted by molar-refractivity contribution is 5.92. The summed E-state index contributed by atoms with van der Waals surface area (Å²) in [4.78, 5) is 0. The largest absolute Gasteiger partial charge is 0.368 e. The van der Waals surface area contributed by atoms with Crippen LogP contribution in [-0.2, 0) is 0 Å². The monoisotopic (exact) mass is 201 g/mol. The Morgan fingerprint density at radius 1 is 1.13 bits per heavy atom. The highest BCUT2D eigenvalue weighted by atomic mass is 15.2. The van der Waals surface area contributed by atoms with Crippen LogP contribution >= 0.6 is 0 Å². The second kappa shape index (κ2) is 4.26. The summed E-state index contributed by atoms with van der Waals surface area (Å²) in [5, 5.41) is 13.9. The topological polar surface area (TPSA) is 37.8 Å². The van der Waals surface area contributed by atoms with Crippen molar-refractivity contribution in [2.45, 2.75) is 20.3 Å². The molecule has 0 unspecified atom stereocenters. The maximum Gasteiger partial charge on any atom is 0.156 e. The average molecular weight is 201 g/mol. The minimum atomic E-state index is 0.887. The summed E-state index contributed by atoms with van der Waals surface area (Å²) in [6.45, 7) is 5.05. The number of rotatable bonds is 3. The molecule has 15 heavy (non-hydrogen) atoms. The quantitative estimate of drug-likeness (QED) is 0.829. The van der Waals surface area contributed by atoms with Gasteiger partial charge in [-0.3, -0.25) is 0 Å². The van der Waals surface area contributed by atoms with Crippen LogP contribution < -0.4 is 5.32 Å². The molecule has 78 valence electrons. The molecular weight excluding hydrogens is 186 g/mol. The molecule has 0 aliphatic rings. The van der Waals surface area contributed by atoms with Crippen LogP contribution in [0.5, 0.6) is 0 Å². The predicted molar refractivity (Wildman–Crippen MR) is 63.1 cm³/mol. The first-order chi connectivity index (χ1) is 7.33. The molecule has 0 aliphatic heterocycles. The van der Waals surface area contributed by atoms with Crippen molar-refractivity contribution >= 4 is 16.6 Å². The van der Waals surface area contributed by atoms with E-state index in [-0.39, 0.29) is 0 Å². The molecule has 0 saturated heterocycles. The van der Waals surface area contributed by atoms with E-state index in [1.165, 1.54) is 5.39 Å². The normalized spacial score (nSPS) is 10.5. The molecule has 1 N–H and O–H groups in total. The zero-order valence-corrected chi connectivity index (χ0v) is 9.12. The third-order valence-electron chi connectivity index (χ3n) is 2.41. The molecule has 0 amide bonds. The van der Waals surface area contributed by atoms with Crippen molar-refractivity contribution in [1.29, 1.82) is 0 Å². The molecule has 1 heterocycles. The van der Waals surface area contributed by atoms with E-state index >= 15 is 0 Å². The first-order valence-corrected chi connectivity index (χ1v) is 5.29. The summed E-state index contributed by atoms with van der Waals surface area (Å²) in [6, 6.07) is 8.21. The number of hydrogen-bond donors (Lipinski definition) is 1. The number of benzene rings is 1. The van der Waals surface area contributed by atoms with Gasteiger partial charge >= 0.3 is 0 Å². The lowest BCUT2D eigenvalue weighted by Gasteiger charge is -2.07. The Labute approximate surface area is 89.5 Å². The zero-order chi connectivity index (χ0) is 10.7. The van der Waals surface area contributed by atoms with Gasteiger partial charge in [0.05, 0.1) is 5.69 Å². The van der Waals surface area contributed by atoms with Gasteiger partial charge in [0, 0.05) is 17.3 Å². The highest BCUT2D eigenvalue weighted by Crippen LogP contribution is 2.21. The smallest absolute Gasteiger partial charge is 0.156 e. The minimum absolute atomic E-state index is 0.887. The Bertz CT molecular complexity index is 465. The number of anilines is 1. The molecule has 0 bridgehead atoms. The van der Waals surface area contributed by atoms with Crippen molar-refractivity contribution in [1.82, 2.24) is 10.2 Å². The molecule has 0 saturated carbocycles. The van der Waals surface area contributed by atoms with Crippen molar-refractivity contribution in [2.24, 2.45) is 0 Å². The van der Waals surface area contributed by atoms with Crippen LogP contribution in [0, 0.1) is 6.92 Å². The number of hydrogen-bond acceptors (Lipinski definition) is 3. The van der Waals surface area contributed by atoms with E-state index in [1.54, 1.807) is 0 Å². The van der Waals surface area contributed by atoms with Crippen LogP contribution in [0.3, 0.4) is 0 Å². The van der Waals surface area contributed by atoms with Crippen molar-refractivity contribution in [2.75, 3.05) is 11.9 Å². The summed E-state index contributed by atoms with van der Waals surface area (Å²) < 4.78 is 0. The molecule has 2 rings (SSSR count). The first kappa shape index (κ1) is 9.90. The lowest BCUT2D eigenvalue weighted by molar-refractivity contribution is 0.940. The van der Waals surface area contributed by atoms with Crippen molar-refractivity contribution in [3.05, 3.63) is 30.0 Å². The predicted octanol–water partition coefficient (Wildman–Crippen LogP) is 2.76. The molecule has 1 aromatic heterocycles. The Morgan fingerprint density at radius 3 is 2.60 bits per heavy atom. The van der Waals surface area contributed by atoms with Gasteiger partial charge in [0.2, 0.25) is 0 Å². The molecule has 1 aromatic carbocycles. The fraction of sp³-hybridized carbons (Fsp3) is 0.333. The van der Waals surface area contributed by atoms with Gasteiger partial charge in [-0.1, -0.05) is 31.2 Å². The molecule has 0 fully saturated rings. The van der Waals surface area contributed by atoms with Gasteiger partial charge in [-0.05, 0) is 13.3 Å². The Kier molecular flexibility index (Phi) is 2.81. The molecule has 3 heteroatoms. The Hall–Kier alpha value is -1.64. The van der Waals surface area contributed by atoms with Gasteiger partial charge in [0.25, 0.3) is 0 Å². The lowest BCUT2D eigenvalue weighted by Crippen LogP contribution is -2.04. The molecule has 0 atom stereocenters. The molecule has 2 aromatic rings. The number of nitrogens with zero attached hydrogens (tertiary/aromatic N) is 2. The second-order valence-corrected chi connectivity index (χ2v) is 3.61. The van der Waals surface area contributed by atoms with Crippen LogP contribution in [-0.4, -0.2) is 16.7 Å². The average Bonchev–Trinajstić information content (AvgIpc) is 2.29. The molecule has 3 nitrogen and oxygen atoms in total. The fourth-order valence-electron chi connectivity index (χ4n) is 1.61. The minimum Gasteiger partial charge on any atom is -0.368 e. The van der Waals surface area contributed by atoms with E-state index in [4.69, 9.17) is 0 Å². The molecule has 0 radical (unpaired) electrons. The zero-order valence-electron chi connectivity index (χ0n) is 9.12. The van der Waals surface area contributed by atoms with E-state index in [1.807, 2.05) is 19.1 Å². The van der Waals surface area contributed by atoms with E-state index in [9.17, 15) is 0 Å². The van der Waals surface area contributed by atoms with Crippen molar-refractivity contribution < 1.29 is 0 Å². The van der Waals surface area contributed by atoms with Crippen LogP contribution in [0.25, 0.3) is 10.8 Å². The van der Waals surface area contributed by atoms with Gasteiger partial charge in [-0.15, -0.1) is 5.10 Å². The summed E-state index contributed by atoms with van der Waals surface area (Å²) in [5.41, 5.74) is 0.979. The van der Waals surface area contributed by atoms with Gasteiger partial charge < -0.3 is 5.32 Å². The maximum absolute atomic E-state index is 4.18. The van der Waals surface area contributed by atoms with Gasteiger partial charge in [0.15, 0.2) is 5.82 Å². The summed E-state index contributed by atoms with van der Waals surface area (Å²) in [6.07, 6.45) is 1.09. The summed E-state index contributed by atoms with van der Waals surface area (Å²) in [7, 11) is 0. The van der Waals surface area contributed by atoms with Crippen LogP contribution in [0.4, 0.5) is 5.82 Å². The van der Waals surface area contributed by atoms with Crippen LogP contribution in [0.2, 0.25) is 0 Å². The SMILES string of the molecule is CCCNc1nnc(C)c2ccccc12. The second-order valence-electron chi connectivity index (χ2n) is 3.61. The van der Waals surface area contributed by atoms with Crippen molar-refractivity contribution in [3.63, 3.8) is 0 Å². The first-order valence-electron chi connectivity index (χ1n) is 5.29. The number of aryl methyl sites for hydroxylation is 1. The van der Waals surface area contributed by atoms with E-state index in [2.05, 4.69) is 34.6 Å². The standard InChI is InChI=1S/C12H15N3/c1-3-8-13-12-11-7-5-4-6-10(11)9(2)14-15-12/h4-7H,3,8H2,1-2H3,(H,13,15). The van der Waals surface area contributed by atoms with E-state index < -0.39 is 0 Å². The summed E-state index contributed by atoms with van der Waals surface area (Å²) >= 11 is 0. The Balaban J connectivity index is 2.51. The van der Waals surface area contributed by atoms with E-state index in [0.717, 1.165) is 29.9 Å². The fourth-order valence-corrected chi connectivity index (χ4v) is 1.61. The van der Waals surface area contributed by atoms with Crippen molar-refractivity contribution in [3.8, 4) is 0 Å². The van der Waals surface area contributed by atoms with Crippen LogP contribution in [0.1, 0.15) is 19.0 Å². The Morgan fingerprint density at radius 2 is 1.87 bits per heavy atom. The van der Waals surface area contributed by atoms with Crippen LogP contribution in [0.15, 0.2) is 24.3 Å². The number of nitrogens with one attached hydrogen (secondary N) is 1. The van der Waals surface area contributed by atoms with E-state index in [0.29, 0.717) is 0 Å². The molecular formula is C12H15N3. The molecule has 0 spiro atoms. The summed E-state index contributed by atoms with van der Waals surface area (Å²) in [5.74, 6) is 0.887. The third-order valence-corrected chi connectivity index (χ3v) is 2.41. The lowest BCUT2D eigenvalue weighted by atomic mass is 10.1. The third kappa shape index (κ3) is 1.91. The van der Waals surface area contributed by atoms with Gasteiger partial charge in [-0.2, -0.15) is 5.10 Å². The number of aromatic nitrogens is 2.